The normalized spacial score (nSPS) is 29.7. The van der Waals surface area contributed by atoms with Gasteiger partial charge in [-0.25, -0.2) is 13.1 Å². The topological polar surface area (TPSA) is 77.0 Å². The van der Waals surface area contributed by atoms with E-state index in [4.69, 9.17) is 0 Å². The minimum atomic E-state index is -3.23. The summed E-state index contributed by atoms with van der Waals surface area (Å²) < 4.78 is 25.7. The number of hydrogen-bond acceptors (Lipinski definition) is 4. The number of rotatable bonds is 5. The molecule has 3 unspecified atom stereocenters. The lowest BCUT2D eigenvalue weighted by molar-refractivity contribution is 0.0957. The Hall–Kier alpha value is -0.130. The summed E-state index contributed by atoms with van der Waals surface area (Å²) in [4.78, 5) is 9.40. The number of halogens is 1. The molecule has 0 radical (unpaired) electrons. The predicted octanol–water partition coefficient (Wildman–Crippen LogP) is 1.31. The Kier molecular flexibility index (Phi) is 7.83. The van der Waals surface area contributed by atoms with Crippen molar-refractivity contribution in [2.24, 2.45) is 16.8 Å². The maximum absolute atomic E-state index is 11.5. The van der Waals surface area contributed by atoms with Gasteiger partial charge < -0.3 is 10.2 Å². The molecule has 3 atom stereocenters. The number of nitrogens with zero attached hydrogens (tertiary/aromatic N) is 3. The fourth-order valence-corrected chi connectivity index (χ4v) is 6.17. The first-order valence-corrected chi connectivity index (χ1v) is 11.7. The monoisotopic (exact) mass is 513 g/mol. The first-order valence-electron chi connectivity index (χ1n) is 9.85. The van der Waals surface area contributed by atoms with Gasteiger partial charge in [0.25, 0.3) is 0 Å². The molecule has 3 aliphatic rings. The van der Waals surface area contributed by atoms with E-state index in [0.29, 0.717) is 6.54 Å². The van der Waals surface area contributed by atoms with Gasteiger partial charge in [0.1, 0.15) is 0 Å². The van der Waals surface area contributed by atoms with Crippen molar-refractivity contribution in [3.05, 3.63) is 0 Å². The van der Waals surface area contributed by atoms with E-state index in [1.54, 1.807) is 7.05 Å². The van der Waals surface area contributed by atoms with Crippen molar-refractivity contribution in [3.63, 3.8) is 0 Å². The van der Waals surface area contributed by atoms with Gasteiger partial charge in [-0.1, -0.05) is 6.42 Å². The van der Waals surface area contributed by atoms with Crippen LogP contribution in [0.3, 0.4) is 0 Å². The molecule has 2 saturated carbocycles. The third-order valence-corrected chi connectivity index (χ3v) is 7.07. The van der Waals surface area contributed by atoms with Crippen LogP contribution in [0.25, 0.3) is 0 Å². The molecule has 1 aliphatic heterocycles. The second kappa shape index (κ2) is 9.13. The third-order valence-electron chi connectivity index (χ3n) is 6.15. The maximum Gasteiger partial charge on any atom is 0.209 e. The molecule has 3 fully saturated rings. The Bertz CT molecular complexity index is 632. The third kappa shape index (κ3) is 6.17. The van der Waals surface area contributed by atoms with E-state index in [0.717, 1.165) is 50.0 Å². The van der Waals surface area contributed by atoms with Crippen LogP contribution < -0.4 is 10.0 Å². The summed E-state index contributed by atoms with van der Waals surface area (Å²) in [5.74, 6) is 2.79. The molecular formula is C18H36IN5O2S. The zero-order valence-electron chi connectivity index (χ0n) is 17.1. The van der Waals surface area contributed by atoms with Crippen LogP contribution in [0.5, 0.6) is 0 Å². The van der Waals surface area contributed by atoms with Crippen molar-refractivity contribution >= 4 is 40.0 Å². The molecule has 0 aromatic carbocycles. The summed E-state index contributed by atoms with van der Waals surface area (Å²) in [6, 6.07) is 0.809. The number of hydrogen-bond donors (Lipinski definition) is 2. The van der Waals surface area contributed by atoms with Gasteiger partial charge in [0.05, 0.1) is 6.26 Å². The number of guanidine groups is 1. The van der Waals surface area contributed by atoms with Crippen molar-refractivity contribution in [2.45, 2.75) is 51.1 Å². The molecule has 9 heteroatoms. The Morgan fingerprint density at radius 1 is 1.15 bits per heavy atom. The number of nitrogens with one attached hydrogen (secondary N) is 2. The van der Waals surface area contributed by atoms with E-state index in [1.807, 2.05) is 13.8 Å². The van der Waals surface area contributed by atoms with Crippen LogP contribution in [0.2, 0.25) is 0 Å². The first kappa shape index (κ1) is 23.2. The summed E-state index contributed by atoms with van der Waals surface area (Å²) in [6.07, 6.45) is 6.94. The molecule has 0 spiro atoms. The zero-order chi connectivity index (χ0) is 18.9. The average molecular weight is 513 g/mol. The Balaban J connectivity index is 0.00000261. The summed E-state index contributed by atoms with van der Waals surface area (Å²) in [5.41, 5.74) is -0.561. The van der Waals surface area contributed by atoms with Gasteiger partial charge in [-0.2, -0.15) is 0 Å². The number of sulfonamides is 1. The highest BCUT2D eigenvalue weighted by molar-refractivity contribution is 14.0. The Morgan fingerprint density at radius 3 is 2.30 bits per heavy atom. The van der Waals surface area contributed by atoms with Crippen LogP contribution in [-0.4, -0.2) is 81.8 Å². The fraction of sp³-hybridized carbons (Fsp3) is 0.944. The SMILES string of the molecule is CN=C(NCC(C)(C)NS(C)(=O)=O)N1CCN(C2CC3CCC2C3)CC1.I. The lowest BCUT2D eigenvalue weighted by Gasteiger charge is -2.42. The molecule has 1 saturated heterocycles. The highest BCUT2D eigenvalue weighted by atomic mass is 127. The quantitative estimate of drug-likeness (QED) is 0.330. The molecule has 2 N–H and O–H groups in total. The molecule has 0 amide bonds. The van der Waals surface area contributed by atoms with Crippen LogP contribution in [0.15, 0.2) is 4.99 Å². The van der Waals surface area contributed by atoms with Gasteiger partial charge in [0.2, 0.25) is 10.0 Å². The molecule has 7 nitrogen and oxygen atoms in total. The molecule has 1 heterocycles. The van der Waals surface area contributed by atoms with Gasteiger partial charge in [-0.3, -0.25) is 9.89 Å². The fourth-order valence-electron chi connectivity index (χ4n) is 5.09. The second-order valence-corrected chi connectivity index (χ2v) is 10.7. The Labute approximate surface area is 181 Å². The molecule has 0 aromatic rings. The molecule has 27 heavy (non-hydrogen) atoms. The molecule has 2 bridgehead atoms. The average Bonchev–Trinajstić information content (AvgIpc) is 3.17. The highest BCUT2D eigenvalue weighted by Gasteiger charge is 2.42. The summed E-state index contributed by atoms with van der Waals surface area (Å²) in [7, 11) is -1.44. The lowest BCUT2D eigenvalue weighted by atomic mass is 9.93. The summed E-state index contributed by atoms with van der Waals surface area (Å²) in [6.45, 7) is 8.41. The van der Waals surface area contributed by atoms with Crippen molar-refractivity contribution in [2.75, 3.05) is 46.0 Å². The largest absolute Gasteiger partial charge is 0.354 e. The van der Waals surface area contributed by atoms with Gasteiger partial charge in [0.15, 0.2) is 5.96 Å². The molecular weight excluding hydrogens is 477 g/mol. The van der Waals surface area contributed by atoms with Crippen LogP contribution >= 0.6 is 24.0 Å². The zero-order valence-corrected chi connectivity index (χ0v) is 20.2. The number of fused-ring (bicyclic) bond motifs is 2. The van der Waals surface area contributed by atoms with E-state index in [-0.39, 0.29) is 24.0 Å². The van der Waals surface area contributed by atoms with Crippen molar-refractivity contribution in [1.29, 1.82) is 0 Å². The van der Waals surface area contributed by atoms with Crippen molar-refractivity contribution in [3.8, 4) is 0 Å². The van der Waals surface area contributed by atoms with Crippen LogP contribution in [-0.2, 0) is 10.0 Å². The number of piperazine rings is 1. The minimum Gasteiger partial charge on any atom is -0.354 e. The molecule has 158 valence electrons. The lowest BCUT2D eigenvalue weighted by Crippen LogP contribution is -2.58. The summed E-state index contributed by atoms with van der Waals surface area (Å²) in [5, 5.41) is 3.34. The van der Waals surface area contributed by atoms with E-state index in [1.165, 1.54) is 31.9 Å². The Morgan fingerprint density at radius 2 is 1.81 bits per heavy atom. The molecule has 0 aromatic heterocycles. The maximum atomic E-state index is 11.5. The van der Waals surface area contributed by atoms with E-state index in [2.05, 4.69) is 24.8 Å². The second-order valence-electron chi connectivity index (χ2n) is 8.92. The summed E-state index contributed by atoms with van der Waals surface area (Å²) >= 11 is 0. The van der Waals surface area contributed by atoms with Gasteiger partial charge >= 0.3 is 0 Å². The van der Waals surface area contributed by atoms with Gasteiger partial charge in [0, 0.05) is 51.4 Å². The van der Waals surface area contributed by atoms with Crippen LogP contribution in [0.4, 0.5) is 0 Å². The van der Waals surface area contributed by atoms with Gasteiger partial charge in [-0.15, -0.1) is 24.0 Å². The molecule has 3 rings (SSSR count). The number of aliphatic imine (C=N–C) groups is 1. The van der Waals surface area contributed by atoms with E-state index in [9.17, 15) is 8.42 Å². The van der Waals surface area contributed by atoms with Crippen molar-refractivity contribution < 1.29 is 8.42 Å². The molecule has 2 aliphatic carbocycles. The van der Waals surface area contributed by atoms with Crippen LogP contribution in [0, 0.1) is 11.8 Å². The van der Waals surface area contributed by atoms with Gasteiger partial charge in [-0.05, 0) is 44.9 Å². The van der Waals surface area contributed by atoms with E-state index >= 15 is 0 Å². The highest BCUT2D eigenvalue weighted by Crippen LogP contribution is 2.46. The first-order chi connectivity index (χ1) is 12.2. The van der Waals surface area contributed by atoms with E-state index < -0.39 is 15.6 Å². The standard InChI is InChI=1S/C18H35N5O2S.HI/c1-18(2,21-26(4,24)25)13-20-17(19-3)23-9-7-22(8-10-23)16-12-14-5-6-15(16)11-14;/h14-16,21H,5-13H2,1-4H3,(H,19,20);1H. The van der Waals surface area contributed by atoms with Crippen molar-refractivity contribution in [1.82, 2.24) is 19.8 Å². The van der Waals surface area contributed by atoms with Crippen LogP contribution in [0.1, 0.15) is 39.5 Å². The smallest absolute Gasteiger partial charge is 0.209 e. The minimum absolute atomic E-state index is 0. The predicted molar refractivity (Wildman–Crippen MR) is 121 cm³/mol.